The van der Waals surface area contributed by atoms with Crippen LogP contribution in [0.15, 0.2) is 11.6 Å². The van der Waals surface area contributed by atoms with E-state index in [9.17, 15) is 0 Å². The Morgan fingerprint density at radius 2 is 1.86 bits per heavy atom. The van der Waals surface area contributed by atoms with Crippen LogP contribution in [0.1, 0.15) is 67.2 Å². The van der Waals surface area contributed by atoms with E-state index in [-0.39, 0.29) is 0 Å². The molecule has 0 aromatic rings. The van der Waals surface area contributed by atoms with Crippen LogP contribution in [0.2, 0.25) is 0 Å². The van der Waals surface area contributed by atoms with Crippen molar-refractivity contribution in [2.24, 2.45) is 11.3 Å². The van der Waals surface area contributed by atoms with Gasteiger partial charge in [-0.05, 0) is 37.5 Å². The van der Waals surface area contributed by atoms with Crippen LogP contribution < -0.4 is 0 Å². The molecule has 0 radical (unpaired) electrons. The summed E-state index contributed by atoms with van der Waals surface area (Å²) in [6, 6.07) is 0. The predicted octanol–water partition coefficient (Wildman–Crippen LogP) is 5.20. The number of hydrogen-bond donors (Lipinski definition) is 0. The molecule has 14 heavy (non-hydrogen) atoms. The van der Waals surface area contributed by atoms with E-state index in [0.717, 1.165) is 5.92 Å². The Morgan fingerprint density at radius 3 is 2.29 bits per heavy atom. The zero-order chi connectivity index (χ0) is 11.2. The highest BCUT2D eigenvalue weighted by atomic mass is 14.3. The highest BCUT2D eigenvalue weighted by Gasteiger charge is 2.20. The van der Waals surface area contributed by atoms with Crippen molar-refractivity contribution < 1.29 is 0 Å². The van der Waals surface area contributed by atoms with E-state index in [1.54, 1.807) is 5.57 Å². The van der Waals surface area contributed by atoms with Crippen molar-refractivity contribution in [3.05, 3.63) is 11.6 Å². The molecular weight excluding hydrogens is 168 g/mol. The van der Waals surface area contributed by atoms with E-state index < -0.39 is 0 Å². The lowest BCUT2D eigenvalue weighted by Gasteiger charge is -2.28. The van der Waals surface area contributed by atoms with Crippen LogP contribution >= 0.6 is 0 Å². The Labute approximate surface area is 90.8 Å². The Morgan fingerprint density at radius 1 is 1.29 bits per heavy atom. The summed E-state index contributed by atoms with van der Waals surface area (Å²) in [6.07, 6.45) is 7.44. The lowest BCUT2D eigenvalue weighted by molar-refractivity contribution is 0.270. The van der Waals surface area contributed by atoms with Gasteiger partial charge in [-0.2, -0.15) is 0 Å². The van der Waals surface area contributed by atoms with E-state index in [0.29, 0.717) is 5.41 Å². The quantitative estimate of drug-likeness (QED) is 0.512. The molecule has 0 N–H and O–H groups in total. The molecule has 0 bridgehead atoms. The van der Waals surface area contributed by atoms with E-state index in [2.05, 4.69) is 47.6 Å². The Hall–Kier alpha value is -0.260. The van der Waals surface area contributed by atoms with E-state index >= 15 is 0 Å². The maximum Gasteiger partial charge on any atom is -0.0271 e. The van der Waals surface area contributed by atoms with Gasteiger partial charge in [-0.15, -0.1) is 0 Å². The summed E-state index contributed by atoms with van der Waals surface area (Å²) in [4.78, 5) is 0. The van der Waals surface area contributed by atoms with Crippen molar-refractivity contribution in [3.63, 3.8) is 0 Å². The first-order valence-electron chi connectivity index (χ1n) is 6.07. The van der Waals surface area contributed by atoms with Crippen LogP contribution in [-0.2, 0) is 0 Å². The van der Waals surface area contributed by atoms with Crippen LogP contribution in [0.3, 0.4) is 0 Å². The summed E-state index contributed by atoms with van der Waals surface area (Å²) in [6.45, 7) is 13.9. The Bertz CT molecular complexity index is 174. The predicted molar refractivity (Wildman–Crippen MR) is 66.5 cm³/mol. The van der Waals surface area contributed by atoms with Crippen LogP contribution in [-0.4, -0.2) is 0 Å². The average Bonchev–Trinajstić information content (AvgIpc) is 2.02. The minimum atomic E-state index is 0.477. The van der Waals surface area contributed by atoms with Crippen molar-refractivity contribution in [2.75, 3.05) is 0 Å². The number of hydrogen-bond acceptors (Lipinski definition) is 0. The largest absolute Gasteiger partial charge is 0.0859 e. The molecule has 0 spiro atoms. The van der Waals surface area contributed by atoms with Crippen LogP contribution in [0.5, 0.6) is 0 Å². The molecular formula is C14H28. The van der Waals surface area contributed by atoms with Gasteiger partial charge in [0.1, 0.15) is 0 Å². The molecule has 0 aliphatic heterocycles. The first kappa shape index (κ1) is 13.7. The summed E-state index contributed by atoms with van der Waals surface area (Å²) in [5.74, 6) is 0.861. The molecule has 0 aromatic heterocycles. The normalized spacial score (nSPS) is 15.7. The van der Waals surface area contributed by atoms with Crippen molar-refractivity contribution in [3.8, 4) is 0 Å². The fourth-order valence-corrected chi connectivity index (χ4v) is 2.34. The van der Waals surface area contributed by atoms with E-state index in [1.165, 1.54) is 25.7 Å². The third-order valence-electron chi connectivity index (χ3n) is 2.91. The van der Waals surface area contributed by atoms with Gasteiger partial charge in [0.25, 0.3) is 0 Å². The summed E-state index contributed by atoms with van der Waals surface area (Å²) in [7, 11) is 0. The first-order valence-corrected chi connectivity index (χ1v) is 6.07. The van der Waals surface area contributed by atoms with Gasteiger partial charge < -0.3 is 0 Å². The molecule has 0 aliphatic rings. The van der Waals surface area contributed by atoms with Gasteiger partial charge in [0.05, 0.1) is 0 Å². The number of rotatable bonds is 6. The summed E-state index contributed by atoms with van der Waals surface area (Å²) in [5, 5.41) is 0. The average molecular weight is 196 g/mol. The van der Waals surface area contributed by atoms with E-state index in [4.69, 9.17) is 0 Å². The molecule has 0 fully saturated rings. The molecule has 1 atom stereocenters. The molecule has 0 heterocycles. The van der Waals surface area contributed by atoms with Gasteiger partial charge in [-0.25, -0.2) is 0 Å². The lowest BCUT2D eigenvalue weighted by Crippen LogP contribution is -2.15. The molecule has 84 valence electrons. The van der Waals surface area contributed by atoms with Crippen LogP contribution in [0.4, 0.5) is 0 Å². The van der Waals surface area contributed by atoms with Gasteiger partial charge in [-0.1, -0.05) is 52.7 Å². The minimum absolute atomic E-state index is 0.477. The molecule has 0 aromatic carbocycles. The third-order valence-corrected chi connectivity index (χ3v) is 2.91. The van der Waals surface area contributed by atoms with Crippen molar-refractivity contribution in [1.82, 2.24) is 0 Å². The highest BCUT2D eigenvalue weighted by Crippen LogP contribution is 2.33. The van der Waals surface area contributed by atoms with Gasteiger partial charge in [0.2, 0.25) is 0 Å². The topological polar surface area (TPSA) is 0 Å². The molecule has 0 rings (SSSR count). The van der Waals surface area contributed by atoms with Crippen molar-refractivity contribution >= 4 is 0 Å². The highest BCUT2D eigenvalue weighted by molar-refractivity contribution is 5.01. The second-order valence-electron chi connectivity index (χ2n) is 5.52. The third kappa shape index (κ3) is 6.23. The molecule has 0 saturated heterocycles. The monoisotopic (exact) mass is 196 g/mol. The van der Waals surface area contributed by atoms with Crippen LogP contribution in [0.25, 0.3) is 0 Å². The molecule has 0 aliphatic carbocycles. The fraction of sp³-hybridized carbons (Fsp3) is 0.857. The van der Waals surface area contributed by atoms with Gasteiger partial charge >= 0.3 is 0 Å². The van der Waals surface area contributed by atoms with Crippen molar-refractivity contribution in [1.29, 1.82) is 0 Å². The number of allylic oxidation sites excluding steroid dienone is 2. The van der Waals surface area contributed by atoms with Gasteiger partial charge in [0.15, 0.2) is 0 Å². The lowest BCUT2D eigenvalue weighted by atomic mass is 9.78. The Kier molecular flexibility index (Phi) is 6.15. The second kappa shape index (κ2) is 6.27. The molecule has 1 unspecified atom stereocenters. The summed E-state index contributed by atoms with van der Waals surface area (Å²) >= 11 is 0. The zero-order valence-corrected chi connectivity index (χ0v) is 11.0. The molecule has 0 nitrogen and oxygen atoms in total. The second-order valence-corrected chi connectivity index (χ2v) is 5.52. The van der Waals surface area contributed by atoms with Gasteiger partial charge in [-0.3, -0.25) is 0 Å². The zero-order valence-electron chi connectivity index (χ0n) is 11.0. The standard InChI is InChI=1S/C14H28/c1-7-9-13(4)11-14(5,6)10-12(3)8-2/h9,12H,7-8,10-11H2,1-6H3. The smallest absolute Gasteiger partial charge is 0.0271 e. The fourth-order valence-electron chi connectivity index (χ4n) is 2.34. The maximum atomic E-state index is 2.40. The maximum absolute atomic E-state index is 2.40. The SMILES string of the molecule is CCC=C(C)CC(C)(C)CC(C)CC. The summed E-state index contributed by atoms with van der Waals surface area (Å²) < 4.78 is 0. The van der Waals surface area contributed by atoms with Crippen molar-refractivity contribution in [2.45, 2.75) is 67.2 Å². The molecule has 0 amide bonds. The molecule has 0 heteroatoms. The summed E-state index contributed by atoms with van der Waals surface area (Å²) in [5.41, 5.74) is 2.03. The Balaban J connectivity index is 4.12. The van der Waals surface area contributed by atoms with E-state index in [1.807, 2.05) is 0 Å². The molecule has 0 saturated carbocycles. The first-order chi connectivity index (χ1) is 6.41. The van der Waals surface area contributed by atoms with Gasteiger partial charge in [0, 0.05) is 0 Å². The minimum Gasteiger partial charge on any atom is -0.0859 e. The van der Waals surface area contributed by atoms with Crippen LogP contribution in [0, 0.1) is 11.3 Å².